The first-order valence-corrected chi connectivity index (χ1v) is 9.60. The molecule has 8 nitrogen and oxygen atoms in total. The zero-order valence-electron chi connectivity index (χ0n) is 16.7. The molecule has 0 aliphatic rings. The van der Waals surface area contributed by atoms with Gasteiger partial charge in [-0.05, 0) is 46.5 Å². The lowest BCUT2D eigenvalue weighted by molar-refractivity contribution is -0.144. The summed E-state index contributed by atoms with van der Waals surface area (Å²) in [6.45, 7) is 5.17. The third kappa shape index (κ3) is 5.24. The van der Waals surface area contributed by atoms with Gasteiger partial charge >= 0.3 is 5.97 Å². The number of hydrogen-bond donors (Lipinski definition) is 2. The third-order valence-electron chi connectivity index (χ3n) is 4.64. The summed E-state index contributed by atoms with van der Waals surface area (Å²) in [5.41, 5.74) is 10.1. The minimum Gasteiger partial charge on any atom is -0.465 e. The monoisotopic (exact) mass is 394 g/mol. The molecule has 0 bridgehead atoms. The van der Waals surface area contributed by atoms with E-state index in [9.17, 15) is 4.79 Å². The van der Waals surface area contributed by atoms with E-state index in [0.29, 0.717) is 25.5 Å². The molecule has 0 radical (unpaired) electrons. The normalized spacial score (nSPS) is 12.0. The van der Waals surface area contributed by atoms with Crippen LogP contribution in [-0.4, -0.2) is 32.8 Å². The Labute approximate surface area is 170 Å². The van der Waals surface area contributed by atoms with E-state index in [-0.39, 0.29) is 18.6 Å². The number of esters is 1. The van der Waals surface area contributed by atoms with Crippen LogP contribution in [0.4, 0.5) is 0 Å². The second-order valence-electron chi connectivity index (χ2n) is 6.69. The summed E-state index contributed by atoms with van der Waals surface area (Å²) in [4.78, 5) is 12.0. The van der Waals surface area contributed by atoms with Crippen LogP contribution in [0, 0.1) is 6.92 Å². The van der Waals surface area contributed by atoms with E-state index >= 15 is 0 Å². The second kappa shape index (κ2) is 9.90. The molecule has 3 rings (SSSR count). The van der Waals surface area contributed by atoms with Gasteiger partial charge in [0.05, 0.1) is 12.6 Å². The van der Waals surface area contributed by atoms with E-state index in [1.807, 2.05) is 49.4 Å². The average molecular weight is 394 g/mol. The number of nitrogens with two attached hydrogens (primary N) is 1. The third-order valence-corrected chi connectivity index (χ3v) is 4.64. The fourth-order valence-corrected chi connectivity index (χ4v) is 3.20. The molecule has 0 amide bonds. The molecular weight excluding hydrogens is 368 g/mol. The summed E-state index contributed by atoms with van der Waals surface area (Å²) in [7, 11) is 0. The van der Waals surface area contributed by atoms with Crippen LogP contribution < -0.4 is 11.1 Å². The van der Waals surface area contributed by atoms with Crippen molar-refractivity contribution in [1.82, 2.24) is 25.5 Å². The number of nitrogens with zero attached hydrogens (tertiary/aromatic N) is 4. The molecule has 3 N–H and O–H groups in total. The van der Waals surface area contributed by atoms with Crippen LogP contribution in [0.25, 0.3) is 0 Å². The Bertz CT molecular complexity index is 956. The van der Waals surface area contributed by atoms with Crippen molar-refractivity contribution >= 4 is 5.97 Å². The number of tetrazole rings is 1. The fraction of sp³-hybridized carbons (Fsp3) is 0.333. The van der Waals surface area contributed by atoms with Gasteiger partial charge in [-0.25, -0.2) is 4.68 Å². The molecule has 0 saturated heterocycles. The molecule has 0 fully saturated rings. The highest BCUT2D eigenvalue weighted by atomic mass is 16.5. The van der Waals surface area contributed by atoms with Crippen molar-refractivity contribution in [3.05, 3.63) is 76.6 Å². The molecule has 1 unspecified atom stereocenters. The minimum atomic E-state index is -0.375. The van der Waals surface area contributed by atoms with Gasteiger partial charge in [-0.2, -0.15) is 0 Å². The van der Waals surface area contributed by atoms with E-state index in [2.05, 4.69) is 26.9 Å². The standard InChI is InChI=1S/C21H26N6O2/c1-3-29-19(28)14-27-21(24-25-26-27)20(18-10-5-4-7-15(18)2)23-13-17-9-6-8-16(11-17)12-22/h4-11,20,23H,3,12-14,22H2,1-2H3. The Balaban J connectivity index is 1.89. The van der Waals surface area contributed by atoms with Gasteiger partial charge in [0.2, 0.25) is 0 Å². The first-order valence-electron chi connectivity index (χ1n) is 9.60. The molecule has 0 aliphatic heterocycles. The second-order valence-corrected chi connectivity index (χ2v) is 6.69. The summed E-state index contributed by atoms with van der Waals surface area (Å²) in [6, 6.07) is 15.9. The number of aromatic nitrogens is 4. The van der Waals surface area contributed by atoms with Gasteiger partial charge in [0.25, 0.3) is 0 Å². The van der Waals surface area contributed by atoms with Gasteiger partial charge in [0.1, 0.15) is 6.54 Å². The van der Waals surface area contributed by atoms with E-state index < -0.39 is 0 Å². The summed E-state index contributed by atoms with van der Waals surface area (Å²) >= 11 is 0. The fourth-order valence-electron chi connectivity index (χ4n) is 3.20. The van der Waals surface area contributed by atoms with Gasteiger partial charge in [0, 0.05) is 13.1 Å². The Morgan fingerprint density at radius 1 is 1.21 bits per heavy atom. The highest BCUT2D eigenvalue weighted by Gasteiger charge is 2.23. The highest BCUT2D eigenvalue weighted by Crippen LogP contribution is 2.24. The van der Waals surface area contributed by atoms with Crippen molar-refractivity contribution in [3.8, 4) is 0 Å². The molecule has 0 saturated carbocycles. The van der Waals surface area contributed by atoms with Crippen molar-refractivity contribution in [2.45, 2.75) is 39.5 Å². The van der Waals surface area contributed by atoms with Crippen LogP contribution in [0.15, 0.2) is 48.5 Å². The Hall–Kier alpha value is -3.10. The molecule has 1 heterocycles. The first-order chi connectivity index (χ1) is 14.1. The van der Waals surface area contributed by atoms with Gasteiger partial charge in [-0.15, -0.1) is 5.10 Å². The molecule has 3 aromatic rings. The van der Waals surface area contributed by atoms with Crippen molar-refractivity contribution in [1.29, 1.82) is 0 Å². The topological polar surface area (TPSA) is 108 Å². The minimum absolute atomic E-state index is 0.0388. The SMILES string of the molecule is CCOC(=O)Cn1nnnc1C(NCc1cccc(CN)c1)c1ccccc1C. The quantitative estimate of drug-likeness (QED) is 0.534. The maximum absolute atomic E-state index is 12.0. The van der Waals surface area contributed by atoms with Gasteiger partial charge < -0.3 is 10.5 Å². The molecule has 1 aromatic heterocycles. The lowest BCUT2D eigenvalue weighted by Crippen LogP contribution is -2.28. The first kappa shape index (κ1) is 20.6. The van der Waals surface area contributed by atoms with Gasteiger partial charge in [0.15, 0.2) is 5.82 Å². The van der Waals surface area contributed by atoms with Crippen molar-refractivity contribution in [2.75, 3.05) is 6.61 Å². The van der Waals surface area contributed by atoms with Crippen LogP contribution in [0.1, 0.15) is 41.0 Å². The number of aryl methyl sites for hydroxylation is 1. The number of hydrogen-bond acceptors (Lipinski definition) is 7. The van der Waals surface area contributed by atoms with E-state index in [0.717, 1.165) is 22.3 Å². The molecule has 29 heavy (non-hydrogen) atoms. The number of rotatable bonds is 9. The molecule has 8 heteroatoms. The number of nitrogens with one attached hydrogen (secondary N) is 1. The predicted molar refractivity (Wildman–Crippen MR) is 109 cm³/mol. The largest absolute Gasteiger partial charge is 0.465 e. The Morgan fingerprint density at radius 2 is 2.00 bits per heavy atom. The number of carbonyl (C=O) groups excluding carboxylic acids is 1. The molecule has 2 aromatic carbocycles. The summed E-state index contributed by atoms with van der Waals surface area (Å²) in [6.07, 6.45) is 0. The van der Waals surface area contributed by atoms with E-state index in [1.165, 1.54) is 4.68 Å². The summed E-state index contributed by atoms with van der Waals surface area (Å²) in [5, 5.41) is 15.5. The zero-order chi connectivity index (χ0) is 20.6. The number of carbonyl (C=O) groups is 1. The average Bonchev–Trinajstić information content (AvgIpc) is 3.17. The van der Waals surface area contributed by atoms with Crippen LogP contribution in [0.5, 0.6) is 0 Å². The van der Waals surface area contributed by atoms with E-state index in [1.54, 1.807) is 6.92 Å². The number of benzene rings is 2. The van der Waals surface area contributed by atoms with Gasteiger partial charge in [-0.3, -0.25) is 10.1 Å². The Morgan fingerprint density at radius 3 is 2.76 bits per heavy atom. The summed E-state index contributed by atoms with van der Waals surface area (Å²) in [5.74, 6) is 0.183. The maximum Gasteiger partial charge on any atom is 0.327 e. The van der Waals surface area contributed by atoms with Crippen LogP contribution in [-0.2, 0) is 29.2 Å². The molecule has 0 spiro atoms. The Kier molecular flexibility index (Phi) is 7.04. The number of ether oxygens (including phenoxy) is 1. The van der Waals surface area contributed by atoms with Crippen LogP contribution >= 0.6 is 0 Å². The molecule has 0 aliphatic carbocycles. The van der Waals surface area contributed by atoms with Gasteiger partial charge in [-0.1, -0.05) is 48.5 Å². The van der Waals surface area contributed by atoms with Crippen molar-refractivity contribution in [3.63, 3.8) is 0 Å². The lowest BCUT2D eigenvalue weighted by atomic mass is 10.00. The molecular formula is C21H26N6O2. The van der Waals surface area contributed by atoms with E-state index in [4.69, 9.17) is 10.5 Å². The smallest absolute Gasteiger partial charge is 0.327 e. The van der Waals surface area contributed by atoms with Crippen molar-refractivity contribution in [2.24, 2.45) is 5.73 Å². The lowest BCUT2D eigenvalue weighted by Gasteiger charge is -2.20. The molecule has 1 atom stereocenters. The molecule has 152 valence electrons. The summed E-state index contributed by atoms with van der Waals surface area (Å²) < 4.78 is 6.53. The zero-order valence-corrected chi connectivity index (χ0v) is 16.7. The van der Waals surface area contributed by atoms with Crippen LogP contribution in [0.2, 0.25) is 0 Å². The highest BCUT2D eigenvalue weighted by molar-refractivity contribution is 5.69. The van der Waals surface area contributed by atoms with Crippen molar-refractivity contribution < 1.29 is 9.53 Å². The van der Waals surface area contributed by atoms with Crippen LogP contribution in [0.3, 0.4) is 0 Å². The predicted octanol–water partition coefficient (Wildman–Crippen LogP) is 1.88. The maximum atomic E-state index is 12.0.